The number of hydrogen-bond donors (Lipinski definition) is 1. The summed E-state index contributed by atoms with van der Waals surface area (Å²) in [6, 6.07) is 13.0. The number of carboxylic acid groups (broad SMARTS) is 1. The topological polar surface area (TPSA) is 77.9 Å². The molecule has 6 nitrogen and oxygen atoms in total. The standard InChI is InChI=1S/C21H22N2O4/c24-19-13-22(20(25)17-10-11-18(21(26)27)23(17)19)12-4-8-15-7-3-6-14-5-1-2-9-16(14)15/h1-3,5-7,9,17-18H,4,8,10-13H2,(H,26,27). The van der Waals surface area contributed by atoms with E-state index in [1.165, 1.54) is 21.2 Å². The van der Waals surface area contributed by atoms with E-state index in [9.17, 15) is 19.5 Å². The first-order valence-corrected chi connectivity index (χ1v) is 9.35. The Morgan fingerprint density at radius 1 is 1.07 bits per heavy atom. The molecular weight excluding hydrogens is 344 g/mol. The minimum absolute atomic E-state index is 0.0192. The van der Waals surface area contributed by atoms with Gasteiger partial charge in [-0.3, -0.25) is 9.59 Å². The molecule has 2 aliphatic rings. The Bertz CT molecular complexity index is 905. The van der Waals surface area contributed by atoms with E-state index in [1.807, 2.05) is 18.2 Å². The fourth-order valence-corrected chi connectivity index (χ4v) is 4.34. The number of nitrogens with zero attached hydrogens (tertiary/aromatic N) is 2. The van der Waals surface area contributed by atoms with Gasteiger partial charge in [-0.15, -0.1) is 0 Å². The third kappa shape index (κ3) is 3.16. The third-order valence-corrected chi connectivity index (χ3v) is 5.64. The molecule has 2 amide bonds. The second-order valence-electron chi connectivity index (χ2n) is 7.25. The molecule has 2 saturated heterocycles. The molecule has 2 heterocycles. The average molecular weight is 366 g/mol. The summed E-state index contributed by atoms with van der Waals surface area (Å²) < 4.78 is 0. The Morgan fingerprint density at radius 2 is 1.85 bits per heavy atom. The van der Waals surface area contributed by atoms with Crippen LogP contribution in [0, 0.1) is 0 Å². The van der Waals surface area contributed by atoms with Gasteiger partial charge >= 0.3 is 5.97 Å². The van der Waals surface area contributed by atoms with Gasteiger partial charge in [-0.25, -0.2) is 4.79 Å². The summed E-state index contributed by atoms with van der Waals surface area (Å²) in [6.45, 7) is 0.491. The molecule has 1 N–H and O–H groups in total. The van der Waals surface area contributed by atoms with Crippen LogP contribution in [0.2, 0.25) is 0 Å². The Kier molecular flexibility index (Phi) is 4.56. The highest BCUT2D eigenvalue weighted by atomic mass is 16.4. The number of carbonyl (C=O) groups is 3. The summed E-state index contributed by atoms with van der Waals surface area (Å²) >= 11 is 0. The monoisotopic (exact) mass is 366 g/mol. The zero-order chi connectivity index (χ0) is 19.0. The summed E-state index contributed by atoms with van der Waals surface area (Å²) in [5.41, 5.74) is 1.23. The number of benzene rings is 2. The van der Waals surface area contributed by atoms with Crippen LogP contribution in [0.15, 0.2) is 42.5 Å². The van der Waals surface area contributed by atoms with Crippen molar-refractivity contribution in [2.24, 2.45) is 0 Å². The lowest BCUT2D eigenvalue weighted by atomic mass is 10.0. The van der Waals surface area contributed by atoms with Crippen LogP contribution in [0.1, 0.15) is 24.8 Å². The van der Waals surface area contributed by atoms with Gasteiger partial charge in [0.2, 0.25) is 11.8 Å². The summed E-state index contributed by atoms with van der Waals surface area (Å²) in [5.74, 6) is -1.39. The predicted molar refractivity (Wildman–Crippen MR) is 100 cm³/mol. The van der Waals surface area contributed by atoms with Gasteiger partial charge < -0.3 is 14.9 Å². The summed E-state index contributed by atoms with van der Waals surface area (Å²) in [7, 11) is 0. The predicted octanol–water partition coefficient (Wildman–Crippen LogP) is 2.06. The number of aliphatic carboxylic acids is 1. The fourth-order valence-electron chi connectivity index (χ4n) is 4.34. The Morgan fingerprint density at radius 3 is 2.67 bits per heavy atom. The number of amides is 2. The maximum Gasteiger partial charge on any atom is 0.326 e. The first-order chi connectivity index (χ1) is 13.1. The number of piperazine rings is 1. The molecule has 0 saturated carbocycles. The Labute approximate surface area is 157 Å². The second kappa shape index (κ2) is 7.02. The molecular formula is C21H22N2O4. The Balaban J connectivity index is 1.41. The summed E-state index contributed by atoms with van der Waals surface area (Å²) in [4.78, 5) is 39.3. The van der Waals surface area contributed by atoms with E-state index in [0.717, 1.165) is 12.8 Å². The number of aryl methyl sites for hydroxylation is 1. The van der Waals surface area contributed by atoms with E-state index in [1.54, 1.807) is 4.90 Å². The molecule has 2 aromatic rings. The second-order valence-corrected chi connectivity index (χ2v) is 7.25. The molecule has 0 aromatic heterocycles. The van der Waals surface area contributed by atoms with Crippen LogP contribution in [0.4, 0.5) is 0 Å². The quantitative estimate of drug-likeness (QED) is 0.879. The molecule has 0 bridgehead atoms. The van der Waals surface area contributed by atoms with Crippen molar-refractivity contribution in [3.8, 4) is 0 Å². The van der Waals surface area contributed by atoms with Crippen molar-refractivity contribution < 1.29 is 19.5 Å². The lowest BCUT2D eigenvalue weighted by Crippen LogP contribution is -2.60. The van der Waals surface area contributed by atoms with Crippen molar-refractivity contribution in [2.75, 3.05) is 13.1 Å². The van der Waals surface area contributed by atoms with Crippen LogP contribution in [0.5, 0.6) is 0 Å². The molecule has 2 aliphatic heterocycles. The smallest absolute Gasteiger partial charge is 0.326 e. The number of fused-ring (bicyclic) bond motifs is 2. The van der Waals surface area contributed by atoms with Gasteiger partial charge in [-0.1, -0.05) is 42.5 Å². The van der Waals surface area contributed by atoms with Gasteiger partial charge in [0.25, 0.3) is 0 Å². The molecule has 2 unspecified atom stereocenters. The first-order valence-electron chi connectivity index (χ1n) is 9.35. The lowest BCUT2D eigenvalue weighted by Gasteiger charge is -2.38. The zero-order valence-corrected chi connectivity index (χ0v) is 15.0. The van der Waals surface area contributed by atoms with Gasteiger partial charge in [0.05, 0.1) is 6.54 Å². The minimum atomic E-state index is -1.02. The van der Waals surface area contributed by atoms with E-state index in [2.05, 4.69) is 24.3 Å². The van der Waals surface area contributed by atoms with E-state index in [-0.39, 0.29) is 18.4 Å². The van der Waals surface area contributed by atoms with E-state index in [0.29, 0.717) is 19.4 Å². The largest absolute Gasteiger partial charge is 0.480 e. The highest BCUT2D eigenvalue weighted by Crippen LogP contribution is 2.29. The SMILES string of the molecule is O=C(O)C1CCC2C(=O)N(CCCc3cccc4ccccc34)CC(=O)N12. The van der Waals surface area contributed by atoms with Crippen LogP contribution in [0.3, 0.4) is 0 Å². The molecule has 0 aliphatic carbocycles. The van der Waals surface area contributed by atoms with Crippen LogP contribution in [0.25, 0.3) is 10.8 Å². The lowest BCUT2D eigenvalue weighted by molar-refractivity contribution is -0.160. The summed E-state index contributed by atoms with van der Waals surface area (Å²) in [5, 5.41) is 11.7. The highest BCUT2D eigenvalue weighted by Gasteiger charge is 2.48. The molecule has 140 valence electrons. The van der Waals surface area contributed by atoms with Crippen molar-refractivity contribution in [3.05, 3.63) is 48.0 Å². The van der Waals surface area contributed by atoms with Crippen molar-refractivity contribution in [1.82, 2.24) is 9.80 Å². The molecule has 2 aromatic carbocycles. The van der Waals surface area contributed by atoms with Crippen molar-refractivity contribution >= 4 is 28.6 Å². The van der Waals surface area contributed by atoms with Gasteiger partial charge in [-0.2, -0.15) is 0 Å². The van der Waals surface area contributed by atoms with Crippen molar-refractivity contribution in [2.45, 2.75) is 37.8 Å². The van der Waals surface area contributed by atoms with Crippen LogP contribution in [-0.4, -0.2) is 57.9 Å². The van der Waals surface area contributed by atoms with Gasteiger partial charge in [0, 0.05) is 6.54 Å². The fraction of sp³-hybridized carbons (Fsp3) is 0.381. The van der Waals surface area contributed by atoms with Gasteiger partial charge in [-0.05, 0) is 42.0 Å². The van der Waals surface area contributed by atoms with Crippen LogP contribution >= 0.6 is 0 Å². The maximum absolute atomic E-state index is 12.7. The number of rotatable bonds is 5. The molecule has 2 atom stereocenters. The molecule has 0 spiro atoms. The van der Waals surface area contributed by atoms with Crippen molar-refractivity contribution in [1.29, 1.82) is 0 Å². The van der Waals surface area contributed by atoms with Crippen LogP contribution in [-0.2, 0) is 20.8 Å². The Hall–Kier alpha value is -2.89. The first kappa shape index (κ1) is 17.5. The molecule has 0 radical (unpaired) electrons. The molecule has 27 heavy (non-hydrogen) atoms. The molecule has 4 rings (SSSR count). The van der Waals surface area contributed by atoms with Gasteiger partial charge in [0.15, 0.2) is 0 Å². The van der Waals surface area contributed by atoms with Crippen molar-refractivity contribution in [3.63, 3.8) is 0 Å². The number of hydrogen-bond acceptors (Lipinski definition) is 3. The van der Waals surface area contributed by atoms with Gasteiger partial charge in [0.1, 0.15) is 12.1 Å². The number of carbonyl (C=O) groups excluding carboxylic acids is 2. The normalized spacial score (nSPS) is 22.4. The van der Waals surface area contributed by atoms with Crippen LogP contribution < -0.4 is 0 Å². The third-order valence-electron chi connectivity index (χ3n) is 5.64. The average Bonchev–Trinajstić information content (AvgIpc) is 3.12. The van der Waals surface area contributed by atoms with E-state index in [4.69, 9.17) is 0 Å². The molecule has 2 fully saturated rings. The maximum atomic E-state index is 12.7. The number of carboxylic acids is 1. The minimum Gasteiger partial charge on any atom is -0.480 e. The summed E-state index contributed by atoms with van der Waals surface area (Å²) in [6.07, 6.45) is 2.37. The van der Waals surface area contributed by atoms with E-state index >= 15 is 0 Å². The zero-order valence-electron chi connectivity index (χ0n) is 15.0. The highest BCUT2D eigenvalue weighted by molar-refractivity contribution is 5.98. The van der Waals surface area contributed by atoms with E-state index < -0.39 is 18.1 Å². The molecule has 6 heteroatoms.